The van der Waals surface area contributed by atoms with E-state index in [4.69, 9.17) is 27.4 Å². The summed E-state index contributed by atoms with van der Waals surface area (Å²) in [5.74, 6) is -0.477. The third kappa shape index (κ3) is 5.82. The van der Waals surface area contributed by atoms with Crippen molar-refractivity contribution < 1.29 is 22.3 Å². The fourth-order valence-electron chi connectivity index (χ4n) is 2.88. The summed E-state index contributed by atoms with van der Waals surface area (Å²) in [6.07, 6.45) is 1.46. The number of amides is 1. The van der Waals surface area contributed by atoms with Crippen molar-refractivity contribution in [1.29, 1.82) is 0 Å². The molecule has 0 aliphatic carbocycles. The van der Waals surface area contributed by atoms with E-state index < -0.39 is 20.9 Å². The first kappa shape index (κ1) is 24.7. The number of carbonyl (C=O) groups is 1. The molecule has 1 aliphatic heterocycles. The minimum atomic E-state index is -4.30. The molecule has 3 aromatic carbocycles. The Morgan fingerprint density at radius 3 is 2.49 bits per heavy atom. The smallest absolute Gasteiger partial charge is 0.339 e. The quantitative estimate of drug-likeness (QED) is 0.184. The van der Waals surface area contributed by atoms with Crippen LogP contribution in [0, 0.1) is 10.1 Å². The summed E-state index contributed by atoms with van der Waals surface area (Å²) >= 11 is 13.1. The summed E-state index contributed by atoms with van der Waals surface area (Å²) in [6.45, 7) is 0. The van der Waals surface area contributed by atoms with Crippen LogP contribution in [0.15, 0.2) is 81.5 Å². The number of carbonyl (C=O) groups excluding carboxylic acids is 1. The van der Waals surface area contributed by atoms with Crippen molar-refractivity contribution in [3.63, 3.8) is 0 Å². The summed E-state index contributed by atoms with van der Waals surface area (Å²) < 4.78 is 30.7. The fraction of sp³-hybridized carbons (Fsp3) is 0. The van der Waals surface area contributed by atoms with Gasteiger partial charge in [0.2, 0.25) is 0 Å². The molecule has 0 saturated carbocycles. The highest BCUT2D eigenvalue weighted by Crippen LogP contribution is 2.34. The van der Waals surface area contributed by atoms with Gasteiger partial charge < -0.3 is 9.50 Å². The minimum absolute atomic E-state index is 0.0324. The second-order valence-electron chi connectivity index (χ2n) is 6.90. The Balaban J connectivity index is 1.60. The van der Waals surface area contributed by atoms with Gasteiger partial charge in [0, 0.05) is 22.7 Å². The lowest BCUT2D eigenvalue weighted by Crippen LogP contribution is -2.19. The summed E-state index contributed by atoms with van der Waals surface area (Å²) in [7, 11) is -4.30. The summed E-state index contributed by atoms with van der Waals surface area (Å²) in [5.41, 5.74) is 0.439. The molecule has 0 spiro atoms. The van der Waals surface area contributed by atoms with E-state index in [1.807, 2.05) is 0 Å². The lowest BCUT2D eigenvalue weighted by Gasteiger charge is -2.09. The third-order valence-electron chi connectivity index (χ3n) is 4.52. The number of benzene rings is 3. The van der Waals surface area contributed by atoms with Gasteiger partial charge in [0.05, 0.1) is 20.5 Å². The van der Waals surface area contributed by atoms with E-state index in [-0.39, 0.29) is 26.4 Å². The molecule has 0 unspecified atom stereocenters. The maximum Gasteiger partial charge on any atom is 0.339 e. The zero-order valence-corrected chi connectivity index (χ0v) is 20.5. The van der Waals surface area contributed by atoms with Gasteiger partial charge in [-0.15, -0.1) is 0 Å². The highest BCUT2D eigenvalue weighted by molar-refractivity contribution is 8.18. The van der Waals surface area contributed by atoms with E-state index in [1.165, 1.54) is 12.1 Å². The molecule has 0 bridgehead atoms. The Hall–Kier alpha value is -3.38. The molecule has 0 radical (unpaired) electrons. The Bertz CT molecular complexity index is 1510. The number of thioether (sulfide) groups is 1. The Morgan fingerprint density at radius 2 is 1.77 bits per heavy atom. The number of hydrogen-bond donors (Lipinski definition) is 1. The number of amidine groups is 1. The lowest BCUT2D eigenvalue weighted by atomic mass is 10.2. The number of nitro benzene ring substituents is 1. The first-order chi connectivity index (χ1) is 16.6. The number of nitrogens with zero attached hydrogens (tertiary/aromatic N) is 2. The molecule has 1 saturated heterocycles. The van der Waals surface area contributed by atoms with Gasteiger partial charge in [-0.25, -0.2) is 4.99 Å². The van der Waals surface area contributed by atoms with Gasteiger partial charge in [0.15, 0.2) is 5.17 Å². The monoisotopic (exact) mass is 549 g/mol. The molecule has 4 rings (SSSR count). The van der Waals surface area contributed by atoms with Crippen molar-refractivity contribution in [3.8, 4) is 5.75 Å². The van der Waals surface area contributed by atoms with E-state index in [0.29, 0.717) is 21.3 Å². The van der Waals surface area contributed by atoms with Crippen LogP contribution in [0.4, 0.5) is 11.4 Å². The maximum atomic E-state index is 12.7. The van der Waals surface area contributed by atoms with Crippen LogP contribution in [-0.2, 0) is 14.9 Å². The molecule has 1 heterocycles. The van der Waals surface area contributed by atoms with E-state index in [0.717, 1.165) is 36.0 Å². The number of hydrogen-bond acceptors (Lipinski definition) is 8. The van der Waals surface area contributed by atoms with E-state index in [1.54, 1.807) is 36.4 Å². The van der Waals surface area contributed by atoms with Gasteiger partial charge in [0.1, 0.15) is 10.6 Å². The van der Waals surface area contributed by atoms with Crippen molar-refractivity contribution in [2.45, 2.75) is 4.90 Å². The molecule has 1 N–H and O–H groups in total. The fourth-order valence-corrected chi connectivity index (χ4v) is 4.98. The van der Waals surface area contributed by atoms with Crippen LogP contribution in [-0.4, -0.2) is 24.4 Å². The largest absolute Gasteiger partial charge is 0.378 e. The van der Waals surface area contributed by atoms with Gasteiger partial charge in [-0.1, -0.05) is 41.4 Å². The number of nitro groups is 1. The molecule has 178 valence electrons. The van der Waals surface area contributed by atoms with Crippen LogP contribution in [0.25, 0.3) is 6.08 Å². The van der Waals surface area contributed by atoms with Crippen molar-refractivity contribution in [2.24, 2.45) is 4.99 Å². The zero-order valence-electron chi connectivity index (χ0n) is 17.3. The number of halogens is 2. The first-order valence-corrected chi connectivity index (χ1v) is 12.6. The summed E-state index contributed by atoms with van der Waals surface area (Å²) in [4.78, 5) is 27.0. The first-order valence-electron chi connectivity index (χ1n) is 9.65. The molecule has 13 heteroatoms. The number of nitrogens with one attached hydrogen (secondary N) is 1. The molecule has 1 aliphatic rings. The highest BCUT2D eigenvalue weighted by Gasteiger charge is 2.25. The molecule has 35 heavy (non-hydrogen) atoms. The second-order valence-corrected chi connectivity index (χ2v) is 10.3. The number of para-hydroxylation sites is 1. The van der Waals surface area contributed by atoms with Crippen molar-refractivity contribution in [2.75, 3.05) is 0 Å². The van der Waals surface area contributed by atoms with E-state index in [2.05, 4.69) is 10.3 Å². The Morgan fingerprint density at radius 1 is 1.06 bits per heavy atom. The Labute approximate surface area is 213 Å². The molecule has 3 aromatic rings. The van der Waals surface area contributed by atoms with Crippen molar-refractivity contribution in [1.82, 2.24) is 5.32 Å². The molecule has 1 amide bonds. The topological polar surface area (TPSA) is 128 Å². The zero-order chi connectivity index (χ0) is 25.2. The number of aliphatic imine (C=N–C) groups is 1. The van der Waals surface area contributed by atoms with Crippen molar-refractivity contribution in [3.05, 3.63) is 97.4 Å². The standard InChI is InChI=1S/C22H13Cl2N3O6S2/c23-14-5-10-17(24)18(12-14)25-22-26-21(28)20(34-22)11-13-3-1-2-4-19(13)33-35(31,32)16-8-6-15(7-9-16)27(29)30/h1-12H,(H,25,26,28)/b20-11+. The highest BCUT2D eigenvalue weighted by atomic mass is 35.5. The molecule has 0 atom stereocenters. The normalized spacial score (nSPS) is 15.9. The molecule has 0 aromatic heterocycles. The van der Waals surface area contributed by atoms with Gasteiger partial charge in [0.25, 0.3) is 11.6 Å². The predicted octanol–water partition coefficient (Wildman–Crippen LogP) is 5.56. The van der Waals surface area contributed by atoms with Crippen LogP contribution >= 0.6 is 35.0 Å². The summed E-state index contributed by atoms with van der Waals surface area (Å²) in [6, 6.07) is 15.3. The lowest BCUT2D eigenvalue weighted by molar-refractivity contribution is -0.384. The molecular formula is C22H13Cl2N3O6S2. The van der Waals surface area contributed by atoms with E-state index in [9.17, 15) is 23.3 Å². The van der Waals surface area contributed by atoms with Crippen molar-refractivity contribution >= 4 is 73.6 Å². The van der Waals surface area contributed by atoms with E-state index >= 15 is 0 Å². The average Bonchev–Trinajstić information content (AvgIpc) is 3.16. The maximum absolute atomic E-state index is 12.7. The third-order valence-corrected chi connectivity index (χ3v) is 7.24. The van der Waals surface area contributed by atoms with Gasteiger partial charge >= 0.3 is 10.1 Å². The van der Waals surface area contributed by atoms with Gasteiger partial charge in [-0.05, 0) is 54.2 Å². The predicted molar refractivity (Wildman–Crippen MR) is 135 cm³/mol. The molecular weight excluding hydrogens is 537 g/mol. The second kappa shape index (κ2) is 10.1. The number of rotatable bonds is 6. The SMILES string of the molecule is O=C1NC(=Nc2cc(Cl)ccc2Cl)S/C1=C/c1ccccc1OS(=O)(=O)c1ccc([N+](=O)[O-])cc1. The van der Waals surface area contributed by atoms with Crippen LogP contribution in [0.2, 0.25) is 10.0 Å². The van der Waals surface area contributed by atoms with Crippen LogP contribution < -0.4 is 9.50 Å². The Kier molecular flexibility index (Phi) is 7.13. The van der Waals surface area contributed by atoms with Crippen LogP contribution in [0.3, 0.4) is 0 Å². The summed E-state index contributed by atoms with van der Waals surface area (Å²) in [5, 5.41) is 14.5. The average molecular weight is 550 g/mol. The molecule has 1 fully saturated rings. The minimum Gasteiger partial charge on any atom is -0.378 e. The molecule has 9 nitrogen and oxygen atoms in total. The van der Waals surface area contributed by atoms with Crippen LogP contribution in [0.5, 0.6) is 5.75 Å². The van der Waals surface area contributed by atoms with Gasteiger partial charge in [-0.3, -0.25) is 14.9 Å². The van der Waals surface area contributed by atoms with Gasteiger partial charge in [-0.2, -0.15) is 8.42 Å². The van der Waals surface area contributed by atoms with Crippen LogP contribution in [0.1, 0.15) is 5.56 Å². The number of non-ortho nitro benzene ring substituents is 1.